The Morgan fingerprint density at radius 2 is 1.75 bits per heavy atom. The summed E-state index contributed by atoms with van der Waals surface area (Å²) < 4.78 is 29.3. The van der Waals surface area contributed by atoms with Crippen LogP contribution in [0.3, 0.4) is 0 Å². The van der Waals surface area contributed by atoms with Crippen molar-refractivity contribution in [3.8, 4) is 11.5 Å². The minimum atomic E-state index is -1.55. The van der Waals surface area contributed by atoms with Crippen LogP contribution >= 0.6 is 0 Å². The zero-order valence-corrected chi connectivity index (χ0v) is 30.3. The van der Waals surface area contributed by atoms with Gasteiger partial charge in [-0.05, 0) is 43.5 Å². The number of aliphatic hydroxyl groups is 2. The second-order valence-electron chi connectivity index (χ2n) is 14.2. The van der Waals surface area contributed by atoms with E-state index in [0.717, 1.165) is 6.07 Å². The molecule has 0 spiro atoms. The number of rotatable bonds is 14. The number of aliphatic hydroxyl groups excluding tert-OH is 2. The van der Waals surface area contributed by atoms with E-state index in [2.05, 4.69) is 11.9 Å². The Kier molecular flexibility index (Phi) is 12.9. The molecule has 5 N–H and O–H groups in total. The molecular weight excluding hydrogens is 662 g/mol. The first-order valence-electron chi connectivity index (χ1n) is 17.0. The summed E-state index contributed by atoms with van der Waals surface area (Å²) in [5.74, 6) is -3.27. The van der Waals surface area contributed by atoms with E-state index >= 15 is 0 Å². The van der Waals surface area contributed by atoms with Crippen molar-refractivity contribution in [3.63, 3.8) is 0 Å². The summed E-state index contributed by atoms with van der Waals surface area (Å²) in [7, 11) is 2.75. The molecular formula is C38H51NO12. The number of fused-ring (bicyclic) bond motifs is 1. The lowest BCUT2D eigenvalue weighted by atomic mass is 9.72. The Hall–Kier alpha value is -4.01. The minimum Gasteiger partial charge on any atom is -0.508 e. The van der Waals surface area contributed by atoms with Crippen LogP contribution in [0.25, 0.3) is 0 Å². The summed E-state index contributed by atoms with van der Waals surface area (Å²) in [4.78, 5) is 39.5. The maximum atomic E-state index is 13.3. The van der Waals surface area contributed by atoms with Crippen LogP contribution < -0.4 is 5.32 Å². The van der Waals surface area contributed by atoms with Gasteiger partial charge in [-0.15, -0.1) is 6.58 Å². The first-order chi connectivity index (χ1) is 24.0. The summed E-state index contributed by atoms with van der Waals surface area (Å²) in [5.41, 5.74) is 1.04. The highest BCUT2D eigenvalue weighted by atomic mass is 16.6. The van der Waals surface area contributed by atoms with Crippen LogP contribution in [-0.2, 0) is 34.9 Å². The van der Waals surface area contributed by atoms with Crippen molar-refractivity contribution in [3.05, 3.63) is 70.8 Å². The lowest BCUT2D eigenvalue weighted by Crippen LogP contribution is -2.60. The fraction of sp³-hybridized carbons (Fsp3) is 0.553. The van der Waals surface area contributed by atoms with Gasteiger partial charge in [0.05, 0.1) is 23.9 Å². The molecule has 0 aromatic heterocycles. The van der Waals surface area contributed by atoms with E-state index in [9.17, 15) is 34.8 Å². The number of benzene rings is 2. The third kappa shape index (κ3) is 8.90. The van der Waals surface area contributed by atoms with Crippen molar-refractivity contribution in [2.24, 2.45) is 11.3 Å². The number of nitrogens with one attached hydrogen (secondary N) is 1. The van der Waals surface area contributed by atoms with Crippen LogP contribution in [0, 0.1) is 18.3 Å². The molecule has 2 unspecified atom stereocenters. The Morgan fingerprint density at radius 3 is 2.35 bits per heavy atom. The number of esters is 2. The largest absolute Gasteiger partial charge is 0.508 e. The number of phenolic OH excluding ortho intramolecular Hbond substituents is 2. The zero-order valence-electron chi connectivity index (χ0n) is 30.3. The fourth-order valence-corrected chi connectivity index (χ4v) is 6.76. The highest BCUT2D eigenvalue weighted by molar-refractivity contribution is 5.96. The molecule has 9 atom stereocenters. The molecule has 13 nitrogen and oxygen atoms in total. The van der Waals surface area contributed by atoms with Gasteiger partial charge in [0.25, 0.3) is 5.91 Å². The third-order valence-electron chi connectivity index (χ3n) is 10.2. The van der Waals surface area contributed by atoms with E-state index in [0.29, 0.717) is 22.3 Å². The van der Waals surface area contributed by atoms with Crippen molar-refractivity contribution in [2.45, 2.75) is 109 Å². The van der Waals surface area contributed by atoms with E-state index in [1.54, 1.807) is 51.1 Å². The van der Waals surface area contributed by atoms with Crippen LogP contribution in [0.15, 0.2) is 48.6 Å². The van der Waals surface area contributed by atoms with Crippen molar-refractivity contribution < 1.29 is 58.5 Å². The van der Waals surface area contributed by atoms with Gasteiger partial charge in [-0.2, -0.15) is 0 Å². The van der Waals surface area contributed by atoms with Crippen molar-refractivity contribution in [2.75, 3.05) is 14.2 Å². The molecule has 2 heterocycles. The Balaban J connectivity index is 1.58. The standard InChI is InChI=1S/C38H51NO12/c1-19(2)14-28(47-7)33(43)34(44)39-35(48-8)29-18-31(51-36(45)22-12-10-9-11-13-22)38(5,6)30(49-29)17-25(41)21(4)27-15-23-20(3)24(40)16-26(42)32(23)37(46)50-27/h9-13,16,21,25,27-31,33,35,40-43H,1,14-15,17-18H2,2-8H3,(H,39,44)/t21-,25+,27-,28+,29?,30?,31-,33+,35+/m1/s1. The summed E-state index contributed by atoms with van der Waals surface area (Å²) in [6.45, 7) is 12.7. The zero-order chi connectivity index (χ0) is 37.8. The number of carbonyl (C=O) groups is 3. The van der Waals surface area contributed by atoms with E-state index in [4.69, 9.17) is 23.7 Å². The van der Waals surface area contributed by atoms with E-state index in [1.807, 2.05) is 13.8 Å². The topological polar surface area (TPSA) is 190 Å². The average Bonchev–Trinajstić information content (AvgIpc) is 3.09. The minimum absolute atomic E-state index is 0.00655. The predicted molar refractivity (Wildman–Crippen MR) is 185 cm³/mol. The summed E-state index contributed by atoms with van der Waals surface area (Å²) in [6.07, 6.45) is -7.35. The van der Waals surface area contributed by atoms with Crippen molar-refractivity contribution in [1.29, 1.82) is 0 Å². The number of hydrogen-bond acceptors (Lipinski definition) is 12. The van der Waals surface area contributed by atoms with Gasteiger partial charge < -0.3 is 49.4 Å². The van der Waals surface area contributed by atoms with Gasteiger partial charge in [0.2, 0.25) is 0 Å². The van der Waals surface area contributed by atoms with Gasteiger partial charge in [-0.1, -0.05) is 44.5 Å². The van der Waals surface area contributed by atoms with Crippen LogP contribution in [0.1, 0.15) is 78.8 Å². The number of carbonyl (C=O) groups excluding carboxylic acids is 3. The number of cyclic esters (lactones) is 1. The molecule has 0 saturated carbocycles. The summed E-state index contributed by atoms with van der Waals surface area (Å²) in [5, 5.41) is 45.7. The molecule has 0 aliphatic carbocycles. The molecule has 13 heteroatoms. The first kappa shape index (κ1) is 39.8. The van der Waals surface area contributed by atoms with Gasteiger partial charge in [-0.3, -0.25) is 4.79 Å². The third-order valence-corrected chi connectivity index (χ3v) is 10.2. The molecule has 0 bridgehead atoms. The first-order valence-corrected chi connectivity index (χ1v) is 17.0. The van der Waals surface area contributed by atoms with Crippen molar-refractivity contribution in [1.82, 2.24) is 5.32 Å². The maximum absolute atomic E-state index is 13.3. The molecule has 280 valence electrons. The smallest absolute Gasteiger partial charge is 0.342 e. The maximum Gasteiger partial charge on any atom is 0.342 e. The van der Waals surface area contributed by atoms with Gasteiger partial charge in [0.15, 0.2) is 12.3 Å². The second kappa shape index (κ2) is 16.6. The molecule has 2 aliphatic heterocycles. The highest BCUT2D eigenvalue weighted by Crippen LogP contribution is 2.43. The SMILES string of the molecule is C=C(C)C[C@H](OC)[C@H](O)C(=O)N[C@@H](OC)C1C[C@@H](OC(=O)c2ccccc2)C(C)(C)C(C[C@H](O)[C@@H](C)[C@H]2Cc3c(C)c(O)cc(O)c3C(=O)O2)O1. The highest BCUT2D eigenvalue weighted by Gasteiger charge is 2.51. The molecule has 2 aliphatic rings. The van der Waals surface area contributed by atoms with Crippen LogP contribution in [0.4, 0.5) is 0 Å². The number of ether oxygens (including phenoxy) is 5. The molecule has 0 radical (unpaired) electrons. The average molecular weight is 714 g/mol. The molecule has 51 heavy (non-hydrogen) atoms. The predicted octanol–water partition coefficient (Wildman–Crippen LogP) is 3.71. The molecule has 2 aromatic rings. The van der Waals surface area contributed by atoms with Gasteiger partial charge in [-0.25, -0.2) is 9.59 Å². The monoisotopic (exact) mass is 713 g/mol. The lowest BCUT2D eigenvalue weighted by molar-refractivity contribution is -0.217. The van der Waals surface area contributed by atoms with E-state index in [-0.39, 0.29) is 42.7 Å². The number of hydrogen-bond donors (Lipinski definition) is 5. The Bertz CT molecular complexity index is 1580. The number of aromatic hydroxyl groups is 2. The van der Waals surface area contributed by atoms with Crippen LogP contribution in [0.2, 0.25) is 0 Å². The second-order valence-corrected chi connectivity index (χ2v) is 14.2. The normalized spacial score (nSPS) is 24.2. The molecule has 1 amide bonds. The van der Waals surface area contributed by atoms with Crippen molar-refractivity contribution >= 4 is 17.8 Å². The fourth-order valence-electron chi connectivity index (χ4n) is 6.76. The number of methoxy groups -OCH3 is 2. The number of amides is 1. The molecule has 1 fully saturated rings. The van der Waals surface area contributed by atoms with Gasteiger partial charge in [0.1, 0.15) is 35.4 Å². The van der Waals surface area contributed by atoms with Crippen LogP contribution in [0.5, 0.6) is 11.5 Å². The quantitative estimate of drug-likeness (QED) is 0.109. The molecule has 4 rings (SSSR count). The Morgan fingerprint density at radius 1 is 1.08 bits per heavy atom. The van der Waals surface area contributed by atoms with Gasteiger partial charge >= 0.3 is 11.9 Å². The molecule has 2 aromatic carbocycles. The lowest BCUT2D eigenvalue weighted by Gasteiger charge is -2.49. The van der Waals surface area contributed by atoms with Crippen LogP contribution in [-0.4, -0.2) is 101 Å². The van der Waals surface area contributed by atoms with E-state index < -0.39 is 78.1 Å². The van der Waals surface area contributed by atoms with Gasteiger partial charge in [0, 0.05) is 50.9 Å². The summed E-state index contributed by atoms with van der Waals surface area (Å²) >= 11 is 0. The van der Waals surface area contributed by atoms with E-state index in [1.165, 1.54) is 14.2 Å². The molecule has 1 saturated heterocycles. The Labute approximate surface area is 298 Å². The number of phenols is 2. The summed E-state index contributed by atoms with van der Waals surface area (Å²) in [6, 6.07) is 9.59.